The normalized spacial score (nSPS) is 18.4. The highest BCUT2D eigenvalue weighted by Crippen LogP contribution is 2.29. The number of benzene rings is 1. The fourth-order valence-corrected chi connectivity index (χ4v) is 5.34. The van der Waals surface area contributed by atoms with E-state index in [0.717, 1.165) is 37.3 Å². The van der Waals surface area contributed by atoms with Crippen LogP contribution in [0.4, 0.5) is 17.2 Å². The van der Waals surface area contributed by atoms with Crippen molar-refractivity contribution in [2.45, 2.75) is 51.1 Å². The van der Waals surface area contributed by atoms with E-state index in [1.54, 1.807) is 0 Å². The summed E-state index contributed by atoms with van der Waals surface area (Å²) in [7, 11) is 4.53. The lowest BCUT2D eigenvalue weighted by Crippen LogP contribution is -2.50. The number of aromatic nitrogens is 2. The SMILES string of the molecule is CCc1nc(C(N)=O)c(Nc2cccc(N3CCC(N(C)C4CCN(C)CC4)CC3)c2)nc1Cl. The Kier molecular flexibility index (Phi) is 7.91. The molecule has 184 valence electrons. The van der Waals surface area contributed by atoms with Crippen LogP contribution < -0.4 is 16.0 Å². The summed E-state index contributed by atoms with van der Waals surface area (Å²) in [6, 6.07) is 9.49. The minimum Gasteiger partial charge on any atom is -0.371 e. The third kappa shape index (κ3) is 5.62. The van der Waals surface area contributed by atoms with E-state index in [9.17, 15) is 4.79 Å². The maximum atomic E-state index is 11.9. The highest BCUT2D eigenvalue weighted by atomic mass is 35.5. The number of aryl methyl sites for hydroxylation is 1. The van der Waals surface area contributed by atoms with Crippen LogP contribution in [0.1, 0.15) is 48.8 Å². The van der Waals surface area contributed by atoms with Crippen LogP contribution in [0.5, 0.6) is 0 Å². The summed E-state index contributed by atoms with van der Waals surface area (Å²) in [6.07, 6.45) is 5.42. The Morgan fingerprint density at radius 2 is 1.79 bits per heavy atom. The van der Waals surface area contributed by atoms with Crippen LogP contribution in [0.15, 0.2) is 24.3 Å². The van der Waals surface area contributed by atoms with Crippen LogP contribution in [0, 0.1) is 0 Å². The molecule has 0 aliphatic carbocycles. The van der Waals surface area contributed by atoms with Crippen molar-refractivity contribution in [3.05, 3.63) is 40.8 Å². The van der Waals surface area contributed by atoms with E-state index < -0.39 is 5.91 Å². The van der Waals surface area contributed by atoms with Crippen LogP contribution in [-0.4, -0.2) is 78.0 Å². The second-order valence-corrected chi connectivity index (χ2v) is 9.83. The third-order valence-electron chi connectivity index (χ3n) is 7.27. The van der Waals surface area contributed by atoms with Crippen molar-refractivity contribution >= 4 is 34.7 Å². The lowest BCUT2D eigenvalue weighted by atomic mass is 9.97. The molecule has 2 saturated heterocycles. The highest BCUT2D eigenvalue weighted by Gasteiger charge is 2.29. The number of nitrogens with two attached hydrogens (primary N) is 1. The minimum atomic E-state index is -0.631. The van der Waals surface area contributed by atoms with Gasteiger partial charge in [0.2, 0.25) is 0 Å². The Balaban J connectivity index is 1.41. The molecule has 4 rings (SSSR count). The van der Waals surface area contributed by atoms with E-state index in [4.69, 9.17) is 17.3 Å². The number of nitrogens with zero attached hydrogens (tertiary/aromatic N) is 5. The topological polar surface area (TPSA) is 90.6 Å². The number of halogens is 1. The average molecular weight is 486 g/mol. The molecule has 0 atom stereocenters. The van der Waals surface area contributed by atoms with Gasteiger partial charge in [-0.05, 0) is 77.5 Å². The van der Waals surface area contributed by atoms with Crippen molar-refractivity contribution in [2.24, 2.45) is 5.73 Å². The molecular formula is C25H36ClN7O. The van der Waals surface area contributed by atoms with Gasteiger partial charge in [-0.15, -0.1) is 0 Å². The molecule has 0 radical (unpaired) electrons. The first-order valence-corrected chi connectivity index (χ1v) is 12.6. The van der Waals surface area contributed by atoms with Gasteiger partial charge in [-0.1, -0.05) is 24.6 Å². The van der Waals surface area contributed by atoms with Crippen LogP contribution in [0.2, 0.25) is 5.15 Å². The Hall–Kier alpha value is -2.42. The number of nitrogens with one attached hydrogen (secondary N) is 1. The third-order valence-corrected chi connectivity index (χ3v) is 7.57. The molecule has 0 saturated carbocycles. The van der Waals surface area contributed by atoms with Gasteiger partial charge < -0.3 is 25.8 Å². The Bertz CT molecular complexity index is 1000. The average Bonchev–Trinajstić information content (AvgIpc) is 2.84. The predicted octanol–water partition coefficient (Wildman–Crippen LogP) is 3.53. The summed E-state index contributed by atoms with van der Waals surface area (Å²) in [5.74, 6) is -0.348. The van der Waals surface area contributed by atoms with E-state index in [1.807, 2.05) is 19.1 Å². The largest absolute Gasteiger partial charge is 0.371 e. The summed E-state index contributed by atoms with van der Waals surface area (Å²) in [5, 5.41) is 3.48. The quantitative estimate of drug-likeness (QED) is 0.619. The minimum absolute atomic E-state index is 0.101. The zero-order valence-corrected chi connectivity index (χ0v) is 21.2. The monoisotopic (exact) mass is 485 g/mol. The van der Waals surface area contributed by atoms with E-state index in [1.165, 1.54) is 25.9 Å². The van der Waals surface area contributed by atoms with Crippen molar-refractivity contribution in [3.63, 3.8) is 0 Å². The molecule has 2 fully saturated rings. The molecule has 9 heteroatoms. The Morgan fingerprint density at radius 3 is 2.41 bits per heavy atom. The standard InChI is InChI=1S/C25H36ClN7O/c1-4-21-23(26)30-25(22(29-21)24(27)34)28-17-6-5-7-20(16-17)33-14-10-19(11-15-33)32(3)18-8-12-31(2)13-9-18/h5-7,16,18-19H,4,8-15H2,1-3H3,(H2,27,34)(H,28,30). The molecule has 1 aromatic carbocycles. The van der Waals surface area contributed by atoms with Crippen molar-refractivity contribution in [2.75, 3.05) is 50.5 Å². The van der Waals surface area contributed by atoms with Gasteiger partial charge in [0.25, 0.3) is 5.91 Å². The molecule has 2 aromatic rings. The second-order valence-electron chi connectivity index (χ2n) is 9.47. The van der Waals surface area contributed by atoms with Crippen molar-refractivity contribution < 1.29 is 4.79 Å². The number of hydrogen-bond acceptors (Lipinski definition) is 7. The van der Waals surface area contributed by atoms with Gasteiger partial charge in [-0.25, -0.2) is 9.97 Å². The first-order valence-electron chi connectivity index (χ1n) is 12.2. The molecule has 2 aliphatic rings. The van der Waals surface area contributed by atoms with E-state index in [0.29, 0.717) is 24.2 Å². The number of carbonyl (C=O) groups is 1. The second kappa shape index (κ2) is 10.9. The lowest BCUT2D eigenvalue weighted by Gasteiger charge is -2.43. The van der Waals surface area contributed by atoms with Gasteiger partial charge in [0.15, 0.2) is 16.7 Å². The van der Waals surface area contributed by atoms with Gasteiger partial charge in [0.1, 0.15) is 0 Å². The highest BCUT2D eigenvalue weighted by molar-refractivity contribution is 6.30. The zero-order chi connectivity index (χ0) is 24.2. The molecule has 8 nitrogen and oxygen atoms in total. The molecular weight excluding hydrogens is 450 g/mol. The maximum Gasteiger partial charge on any atom is 0.271 e. The molecule has 0 unspecified atom stereocenters. The fraction of sp³-hybridized carbons (Fsp3) is 0.560. The van der Waals surface area contributed by atoms with Crippen LogP contribution in [0.3, 0.4) is 0 Å². The molecule has 34 heavy (non-hydrogen) atoms. The number of likely N-dealkylation sites (tertiary alicyclic amines) is 1. The number of rotatable bonds is 7. The maximum absolute atomic E-state index is 11.9. The van der Waals surface area contributed by atoms with Crippen LogP contribution in [-0.2, 0) is 6.42 Å². The van der Waals surface area contributed by atoms with Gasteiger partial charge in [-0.2, -0.15) is 0 Å². The Labute approximate surface area is 207 Å². The zero-order valence-electron chi connectivity index (χ0n) is 20.4. The number of primary amides is 1. The summed E-state index contributed by atoms with van der Waals surface area (Å²) in [6.45, 7) is 6.35. The number of anilines is 3. The predicted molar refractivity (Wildman–Crippen MR) is 138 cm³/mol. The number of hydrogen-bond donors (Lipinski definition) is 2. The lowest BCUT2D eigenvalue weighted by molar-refractivity contribution is 0.0947. The number of carbonyl (C=O) groups excluding carboxylic acids is 1. The number of piperidine rings is 2. The summed E-state index contributed by atoms with van der Waals surface area (Å²) in [4.78, 5) is 28.1. The molecule has 3 N–H and O–H groups in total. The summed E-state index contributed by atoms with van der Waals surface area (Å²) < 4.78 is 0. The van der Waals surface area contributed by atoms with Crippen molar-refractivity contribution in [1.82, 2.24) is 19.8 Å². The fourth-order valence-electron chi connectivity index (χ4n) is 5.08. The van der Waals surface area contributed by atoms with Crippen molar-refractivity contribution in [3.8, 4) is 0 Å². The summed E-state index contributed by atoms with van der Waals surface area (Å²) in [5.41, 5.74) is 8.18. The van der Waals surface area contributed by atoms with E-state index in [2.05, 4.69) is 56.2 Å². The number of amides is 1. The van der Waals surface area contributed by atoms with Gasteiger partial charge in [0, 0.05) is 36.5 Å². The molecule has 1 aromatic heterocycles. The molecule has 3 heterocycles. The molecule has 0 spiro atoms. The molecule has 2 aliphatic heterocycles. The summed E-state index contributed by atoms with van der Waals surface area (Å²) >= 11 is 6.25. The van der Waals surface area contributed by atoms with Crippen LogP contribution >= 0.6 is 11.6 Å². The van der Waals surface area contributed by atoms with Gasteiger partial charge in [0.05, 0.1) is 5.69 Å². The van der Waals surface area contributed by atoms with Crippen LogP contribution in [0.25, 0.3) is 0 Å². The van der Waals surface area contributed by atoms with Gasteiger partial charge >= 0.3 is 0 Å². The van der Waals surface area contributed by atoms with E-state index >= 15 is 0 Å². The smallest absolute Gasteiger partial charge is 0.271 e. The Morgan fingerprint density at radius 1 is 1.15 bits per heavy atom. The first kappa shape index (κ1) is 24.7. The van der Waals surface area contributed by atoms with Gasteiger partial charge in [-0.3, -0.25) is 4.79 Å². The van der Waals surface area contributed by atoms with Crippen molar-refractivity contribution in [1.29, 1.82) is 0 Å². The van der Waals surface area contributed by atoms with E-state index in [-0.39, 0.29) is 16.7 Å². The first-order chi connectivity index (χ1) is 16.4. The molecule has 0 bridgehead atoms. The molecule has 1 amide bonds.